The quantitative estimate of drug-likeness (QED) is 0.593. The first-order chi connectivity index (χ1) is 15.8. The molecule has 9 nitrogen and oxygen atoms in total. The summed E-state index contributed by atoms with van der Waals surface area (Å²) < 4.78 is 0. The Kier molecular flexibility index (Phi) is 6.49. The van der Waals surface area contributed by atoms with E-state index in [0.29, 0.717) is 18.3 Å². The number of hydrogen-bond acceptors (Lipinski definition) is 7. The maximum absolute atomic E-state index is 12.1. The van der Waals surface area contributed by atoms with E-state index in [1.54, 1.807) is 19.4 Å². The van der Waals surface area contributed by atoms with Gasteiger partial charge in [0.1, 0.15) is 5.82 Å². The third-order valence-electron chi connectivity index (χ3n) is 6.55. The van der Waals surface area contributed by atoms with Crippen LogP contribution in [0.3, 0.4) is 0 Å². The second-order valence-corrected chi connectivity index (χ2v) is 9.68. The van der Waals surface area contributed by atoms with Crippen LogP contribution in [-0.2, 0) is 9.59 Å². The molecule has 2 aromatic heterocycles. The van der Waals surface area contributed by atoms with Crippen LogP contribution in [0.5, 0.6) is 0 Å². The van der Waals surface area contributed by atoms with E-state index in [4.69, 9.17) is 9.97 Å². The van der Waals surface area contributed by atoms with Gasteiger partial charge >= 0.3 is 0 Å². The van der Waals surface area contributed by atoms with Gasteiger partial charge in [0.15, 0.2) is 0 Å². The molecule has 176 valence electrons. The summed E-state index contributed by atoms with van der Waals surface area (Å²) in [5, 5.41) is 7.14. The van der Waals surface area contributed by atoms with Gasteiger partial charge in [-0.25, -0.2) is 4.98 Å². The molecule has 2 amide bonds. The molecule has 4 rings (SSSR count). The lowest BCUT2D eigenvalue weighted by Crippen LogP contribution is -2.59. The van der Waals surface area contributed by atoms with Crippen LogP contribution >= 0.6 is 0 Å². The predicted octanol–water partition coefficient (Wildman–Crippen LogP) is 2.21. The van der Waals surface area contributed by atoms with E-state index in [9.17, 15) is 9.59 Å². The van der Waals surface area contributed by atoms with Gasteiger partial charge in [-0.3, -0.25) is 14.6 Å². The number of fused-ring (bicyclic) bond motifs is 1. The topological polar surface area (TPSA) is 103 Å². The Bertz CT molecular complexity index is 1050. The summed E-state index contributed by atoms with van der Waals surface area (Å²) in [6.07, 6.45) is 7.08. The summed E-state index contributed by atoms with van der Waals surface area (Å²) in [4.78, 5) is 42.0. The molecule has 2 aliphatic heterocycles. The summed E-state index contributed by atoms with van der Waals surface area (Å²) in [7, 11) is 1.66. The van der Waals surface area contributed by atoms with Crippen molar-refractivity contribution in [2.45, 2.75) is 39.2 Å². The SMILES string of the molecule is C=CC(=O)N1CC2(CCN(c3nc(N[C@H](CC(=O)NC)CC(C)C)c4ccncc4n3)C2)C1. The Hall–Kier alpha value is -3.23. The van der Waals surface area contributed by atoms with Crippen LogP contribution in [0.1, 0.15) is 33.1 Å². The lowest BCUT2D eigenvalue weighted by molar-refractivity contribution is -0.136. The number of carbonyl (C=O) groups is 2. The largest absolute Gasteiger partial charge is 0.366 e. The molecule has 2 saturated heterocycles. The Morgan fingerprint density at radius 1 is 1.27 bits per heavy atom. The fourth-order valence-corrected chi connectivity index (χ4v) is 4.91. The molecular weight excluding hydrogens is 418 g/mol. The maximum atomic E-state index is 12.1. The zero-order chi connectivity index (χ0) is 23.6. The first-order valence-corrected chi connectivity index (χ1v) is 11.6. The van der Waals surface area contributed by atoms with Gasteiger partial charge in [0.2, 0.25) is 17.8 Å². The molecule has 1 spiro atoms. The number of rotatable bonds is 8. The lowest BCUT2D eigenvalue weighted by Gasteiger charge is -2.47. The molecular formula is C24H33N7O2. The minimum Gasteiger partial charge on any atom is -0.366 e. The summed E-state index contributed by atoms with van der Waals surface area (Å²) in [5.74, 6) is 1.81. The van der Waals surface area contributed by atoms with Crippen molar-refractivity contribution in [3.05, 3.63) is 31.1 Å². The number of nitrogens with one attached hydrogen (secondary N) is 2. The van der Waals surface area contributed by atoms with Crippen molar-refractivity contribution >= 4 is 34.5 Å². The fourth-order valence-electron chi connectivity index (χ4n) is 4.91. The summed E-state index contributed by atoms with van der Waals surface area (Å²) in [6, 6.07) is 1.86. The third-order valence-corrected chi connectivity index (χ3v) is 6.55. The third kappa shape index (κ3) is 4.91. The fraction of sp³-hybridized carbons (Fsp3) is 0.542. The molecule has 33 heavy (non-hydrogen) atoms. The highest BCUT2D eigenvalue weighted by atomic mass is 16.2. The molecule has 2 fully saturated rings. The van der Waals surface area contributed by atoms with E-state index >= 15 is 0 Å². The van der Waals surface area contributed by atoms with Gasteiger partial charge in [-0.2, -0.15) is 4.98 Å². The normalized spacial score (nSPS) is 17.8. The van der Waals surface area contributed by atoms with E-state index in [1.807, 2.05) is 11.0 Å². The Balaban J connectivity index is 1.57. The summed E-state index contributed by atoms with van der Waals surface area (Å²) >= 11 is 0. The number of nitrogens with zero attached hydrogens (tertiary/aromatic N) is 5. The molecule has 0 bridgehead atoms. The molecule has 0 unspecified atom stereocenters. The van der Waals surface area contributed by atoms with E-state index in [1.165, 1.54) is 6.08 Å². The number of hydrogen-bond donors (Lipinski definition) is 2. The van der Waals surface area contributed by atoms with E-state index in [0.717, 1.165) is 55.7 Å². The summed E-state index contributed by atoms with van der Waals surface area (Å²) in [5.41, 5.74) is 0.866. The van der Waals surface area contributed by atoms with Gasteiger partial charge in [0, 0.05) is 62.7 Å². The average molecular weight is 452 g/mol. The van der Waals surface area contributed by atoms with Crippen molar-refractivity contribution in [1.29, 1.82) is 0 Å². The minimum absolute atomic E-state index is 0.00139. The smallest absolute Gasteiger partial charge is 0.245 e. The van der Waals surface area contributed by atoms with Crippen LogP contribution in [-0.4, -0.2) is 70.9 Å². The monoisotopic (exact) mass is 451 g/mol. The van der Waals surface area contributed by atoms with Crippen LogP contribution in [0.4, 0.5) is 11.8 Å². The van der Waals surface area contributed by atoms with Gasteiger partial charge in [0.05, 0.1) is 11.7 Å². The van der Waals surface area contributed by atoms with Crippen LogP contribution in [0.2, 0.25) is 0 Å². The van der Waals surface area contributed by atoms with Gasteiger partial charge in [-0.15, -0.1) is 0 Å². The number of pyridine rings is 1. The standard InChI is InChI=1S/C24H33N7O2/c1-5-21(33)31-14-24(15-31)7-9-30(13-24)23-28-19-12-26-8-6-18(19)22(29-23)27-17(10-16(2)3)11-20(32)25-4/h5-6,8,12,16-17H,1,7,9-11,13-15H2,2-4H3,(H,25,32)(H,27,28,29)/t17-/m0/s1. The molecule has 0 saturated carbocycles. The van der Waals surface area contributed by atoms with Gasteiger partial charge in [0.25, 0.3) is 0 Å². The molecule has 4 heterocycles. The molecule has 1 atom stereocenters. The maximum Gasteiger partial charge on any atom is 0.245 e. The van der Waals surface area contributed by atoms with E-state index < -0.39 is 0 Å². The molecule has 9 heteroatoms. The zero-order valence-electron chi connectivity index (χ0n) is 19.7. The second kappa shape index (κ2) is 9.33. The molecule has 0 radical (unpaired) electrons. The first kappa shape index (κ1) is 22.9. The molecule has 2 aromatic rings. The van der Waals surface area contributed by atoms with Crippen LogP contribution < -0.4 is 15.5 Å². The molecule has 2 N–H and O–H groups in total. The lowest BCUT2D eigenvalue weighted by atomic mass is 9.79. The zero-order valence-corrected chi connectivity index (χ0v) is 19.7. The molecule has 0 aliphatic carbocycles. The number of amides is 2. The Labute approximate surface area is 194 Å². The number of likely N-dealkylation sites (tertiary alicyclic amines) is 1. The van der Waals surface area contributed by atoms with Crippen LogP contribution in [0.15, 0.2) is 31.1 Å². The molecule has 2 aliphatic rings. The highest BCUT2D eigenvalue weighted by molar-refractivity contribution is 5.90. The number of anilines is 2. The van der Waals surface area contributed by atoms with Crippen LogP contribution in [0.25, 0.3) is 10.9 Å². The number of carbonyl (C=O) groups excluding carboxylic acids is 2. The predicted molar refractivity (Wildman–Crippen MR) is 129 cm³/mol. The van der Waals surface area contributed by atoms with Crippen molar-refractivity contribution in [1.82, 2.24) is 25.2 Å². The minimum atomic E-state index is -0.0425. The van der Waals surface area contributed by atoms with Crippen molar-refractivity contribution < 1.29 is 9.59 Å². The van der Waals surface area contributed by atoms with Crippen molar-refractivity contribution in [2.75, 3.05) is 43.4 Å². The Morgan fingerprint density at radius 2 is 2.06 bits per heavy atom. The van der Waals surface area contributed by atoms with Crippen LogP contribution in [0, 0.1) is 11.3 Å². The van der Waals surface area contributed by atoms with Gasteiger partial charge in [-0.05, 0) is 30.9 Å². The second-order valence-electron chi connectivity index (χ2n) is 9.68. The van der Waals surface area contributed by atoms with Gasteiger partial charge in [-0.1, -0.05) is 20.4 Å². The van der Waals surface area contributed by atoms with Crippen molar-refractivity contribution in [2.24, 2.45) is 11.3 Å². The first-order valence-electron chi connectivity index (χ1n) is 11.6. The highest BCUT2D eigenvalue weighted by Gasteiger charge is 2.49. The van der Waals surface area contributed by atoms with E-state index in [-0.39, 0.29) is 23.3 Å². The molecule has 0 aromatic carbocycles. The highest BCUT2D eigenvalue weighted by Crippen LogP contribution is 2.41. The average Bonchev–Trinajstić information content (AvgIpc) is 3.23. The summed E-state index contributed by atoms with van der Waals surface area (Å²) in [6.45, 7) is 11.0. The number of aromatic nitrogens is 3. The van der Waals surface area contributed by atoms with E-state index in [2.05, 4.69) is 40.9 Å². The van der Waals surface area contributed by atoms with Crippen molar-refractivity contribution in [3.8, 4) is 0 Å². The van der Waals surface area contributed by atoms with Gasteiger partial charge < -0.3 is 20.4 Å². The Morgan fingerprint density at radius 3 is 2.76 bits per heavy atom. The van der Waals surface area contributed by atoms with Crippen molar-refractivity contribution in [3.63, 3.8) is 0 Å².